The number of hydrogen-bond acceptors (Lipinski definition) is 1. The summed E-state index contributed by atoms with van der Waals surface area (Å²) in [5.74, 6) is -1.75. The number of rotatable bonds is 5. The number of alkyl halides is 3. The van der Waals surface area contributed by atoms with Crippen LogP contribution in [-0.2, 0) is 12.8 Å². The van der Waals surface area contributed by atoms with Crippen molar-refractivity contribution in [2.24, 2.45) is 0 Å². The molecular formula is C14H17F3O. The summed E-state index contributed by atoms with van der Waals surface area (Å²) in [6.07, 6.45) is -1.73. The largest absolute Gasteiger partial charge is 0.454 e. The van der Waals surface area contributed by atoms with E-state index in [9.17, 15) is 18.0 Å². The first-order valence-electron chi connectivity index (χ1n) is 6.12. The second-order valence-corrected chi connectivity index (χ2v) is 4.37. The van der Waals surface area contributed by atoms with Gasteiger partial charge in [-0.05, 0) is 36.1 Å². The lowest BCUT2D eigenvalue weighted by Crippen LogP contribution is -2.23. The number of halogens is 3. The predicted molar refractivity (Wildman–Crippen MR) is 64.8 cm³/mol. The van der Waals surface area contributed by atoms with Crippen LogP contribution >= 0.6 is 0 Å². The van der Waals surface area contributed by atoms with Gasteiger partial charge in [-0.25, -0.2) is 0 Å². The average molecular weight is 258 g/mol. The highest BCUT2D eigenvalue weighted by molar-refractivity contribution is 6.00. The van der Waals surface area contributed by atoms with Crippen molar-refractivity contribution >= 4 is 5.78 Å². The minimum absolute atomic E-state index is 0.239. The maximum atomic E-state index is 12.4. The Morgan fingerprint density at radius 3 is 1.78 bits per heavy atom. The van der Waals surface area contributed by atoms with E-state index < -0.39 is 12.0 Å². The van der Waals surface area contributed by atoms with E-state index in [1.165, 1.54) is 12.1 Å². The van der Waals surface area contributed by atoms with Crippen LogP contribution in [0, 0.1) is 0 Å². The second-order valence-electron chi connectivity index (χ2n) is 4.37. The Morgan fingerprint density at radius 2 is 1.44 bits per heavy atom. The lowest BCUT2D eigenvalue weighted by Gasteiger charge is -2.10. The molecule has 0 fully saturated rings. The smallest absolute Gasteiger partial charge is 0.284 e. The molecule has 0 spiro atoms. The third kappa shape index (κ3) is 3.86. The van der Waals surface area contributed by atoms with Crippen LogP contribution in [0.25, 0.3) is 0 Å². The molecule has 0 heterocycles. The Hall–Kier alpha value is -1.32. The molecule has 4 heteroatoms. The Kier molecular flexibility index (Phi) is 4.93. The van der Waals surface area contributed by atoms with Crippen molar-refractivity contribution < 1.29 is 18.0 Å². The molecule has 0 aromatic heterocycles. The van der Waals surface area contributed by atoms with E-state index in [0.717, 1.165) is 24.0 Å². The Morgan fingerprint density at radius 1 is 1.00 bits per heavy atom. The lowest BCUT2D eigenvalue weighted by atomic mass is 9.98. The van der Waals surface area contributed by atoms with Gasteiger partial charge in [-0.15, -0.1) is 0 Å². The third-order valence-corrected chi connectivity index (χ3v) is 2.65. The predicted octanol–water partition coefficient (Wildman–Crippen LogP) is 4.34. The fraction of sp³-hybridized carbons (Fsp3) is 0.500. The molecule has 1 nitrogen and oxygen atoms in total. The molecule has 1 aromatic rings. The summed E-state index contributed by atoms with van der Waals surface area (Å²) in [4.78, 5) is 11.3. The van der Waals surface area contributed by atoms with E-state index in [4.69, 9.17) is 0 Å². The third-order valence-electron chi connectivity index (χ3n) is 2.65. The quantitative estimate of drug-likeness (QED) is 0.718. The molecule has 1 rings (SSSR count). The van der Waals surface area contributed by atoms with Crippen LogP contribution in [0.5, 0.6) is 0 Å². The van der Waals surface area contributed by atoms with E-state index >= 15 is 0 Å². The van der Waals surface area contributed by atoms with Gasteiger partial charge in [0.1, 0.15) is 0 Å². The van der Waals surface area contributed by atoms with Crippen LogP contribution in [0.2, 0.25) is 0 Å². The van der Waals surface area contributed by atoms with Crippen molar-refractivity contribution in [2.45, 2.75) is 45.7 Å². The van der Waals surface area contributed by atoms with Gasteiger partial charge in [-0.1, -0.05) is 32.8 Å². The number of carbonyl (C=O) groups excluding carboxylic acids is 1. The fourth-order valence-electron chi connectivity index (χ4n) is 1.92. The Bertz CT molecular complexity index is 397. The molecule has 0 saturated carbocycles. The first-order valence-corrected chi connectivity index (χ1v) is 6.12. The van der Waals surface area contributed by atoms with Crippen LogP contribution in [0.1, 0.15) is 48.2 Å². The van der Waals surface area contributed by atoms with Crippen LogP contribution in [-0.4, -0.2) is 12.0 Å². The molecule has 0 aliphatic rings. The molecule has 0 atom stereocenters. The monoisotopic (exact) mass is 258 g/mol. The minimum atomic E-state index is -4.80. The summed E-state index contributed by atoms with van der Waals surface area (Å²) in [5, 5.41) is 0. The van der Waals surface area contributed by atoms with Gasteiger partial charge >= 0.3 is 6.18 Å². The van der Waals surface area contributed by atoms with Gasteiger partial charge < -0.3 is 0 Å². The molecule has 0 N–H and O–H groups in total. The average Bonchev–Trinajstić information content (AvgIpc) is 2.27. The van der Waals surface area contributed by atoms with Crippen molar-refractivity contribution in [2.75, 3.05) is 0 Å². The molecule has 0 saturated heterocycles. The van der Waals surface area contributed by atoms with Gasteiger partial charge in [0.05, 0.1) is 0 Å². The highest BCUT2D eigenvalue weighted by Crippen LogP contribution is 2.24. The van der Waals surface area contributed by atoms with Crippen LogP contribution in [0.4, 0.5) is 13.2 Å². The van der Waals surface area contributed by atoms with Gasteiger partial charge in [-0.2, -0.15) is 13.2 Å². The summed E-state index contributed by atoms with van der Waals surface area (Å²) >= 11 is 0. The van der Waals surface area contributed by atoms with Crippen molar-refractivity contribution in [3.63, 3.8) is 0 Å². The topological polar surface area (TPSA) is 17.1 Å². The molecule has 0 unspecified atom stereocenters. The van der Waals surface area contributed by atoms with Crippen molar-refractivity contribution in [1.82, 2.24) is 0 Å². The van der Waals surface area contributed by atoms with Crippen molar-refractivity contribution in [3.8, 4) is 0 Å². The molecule has 0 amide bonds. The minimum Gasteiger partial charge on any atom is -0.284 e. The maximum absolute atomic E-state index is 12.4. The van der Waals surface area contributed by atoms with Gasteiger partial charge in [-0.3, -0.25) is 4.79 Å². The normalized spacial score (nSPS) is 11.6. The molecular weight excluding hydrogens is 241 g/mol. The summed E-state index contributed by atoms with van der Waals surface area (Å²) in [5.41, 5.74) is 1.36. The highest BCUT2D eigenvalue weighted by Gasteiger charge is 2.39. The van der Waals surface area contributed by atoms with Gasteiger partial charge in [0.2, 0.25) is 0 Å². The maximum Gasteiger partial charge on any atom is 0.454 e. The Balaban J connectivity index is 3.14. The van der Waals surface area contributed by atoms with E-state index in [-0.39, 0.29) is 5.56 Å². The fourth-order valence-corrected chi connectivity index (χ4v) is 1.92. The highest BCUT2D eigenvalue weighted by atomic mass is 19.4. The summed E-state index contributed by atoms with van der Waals surface area (Å²) < 4.78 is 37.3. The molecule has 100 valence electrons. The lowest BCUT2D eigenvalue weighted by molar-refractivity contribution is -0.0885. The van der Waals surface area contributed by atoms with Crippen LogP contribution in [0.3, 0.4) is 0 Å². The number of Topliss-reactive ketones (excluding diaryl/α,β-unsaturated/α-hetero) is 1. The first kappa shape index (κ1) is 14.7. The zero-order valence-electron chi connectivity index (χ0n) is 10.6. The van der Waals surface area contributed by atoms with Crippen molar-refractivity contribution in [3.05, 3.63) is 34.9 Å². The van der Waals surface area contributed by atoms with Gasteiger partial charge in [0.25, 0.3) is 5.78 Å². The number of carbonyl (C=O) groups is 1. The summed E-state index contributed by atoms with van der Waals surface area (Å²) in [6.45, 7) is 3.91. The van der Waals surface area contributed by atoms with Crippen LogP contribution in [0.15, 0.2) is 18.2 Å². The summed E-state index contributed by atoms with van der Waals surface area (Å²) in [6, 6.07) is 4.61. The molecule has 0 aliphatic heterocycles. The van der Waals surface area contributed by atoms with E-state index in [0.29, 0.717) is 12.8 Å². The second kappa shape index (κ2) is 6.03. The first-order chi connectivity index (χ1) is 8.38. The number of hydrogen-bond donors (Lipinski definition) is 0. The standard InChI is InChI=1S/C14H17F3O/c1-3-5-10-7-11(6-4-2)9-12(8-10)13(18)14(15,16)17/h7-9H,3-6H2,1-2H3. The van der Waals surface area contributed by atoms with Gasteiger partial charge in [0, 0.05) is 5.56 Å². The molecule has 0 aliphatic carbocycles. The van der Waals surface area contributed by atoms with E-state index in [1.807, 2.05) is 19.9 Å². The van der Waals surface area contributed by atoms with E-state index in [1.54, 1.807) is 0 Å². The number of benzene rings is 1. The Labute approximate surface area is 105 Å². The molecule has 0 bridgehead atoms. The summed E-state index contributed by atoms with van der Waals surface area (Å²) in [7, 11) is 0. The molecule has 18 heavy (non-hydrogen) atoms. The van der Waals surface area contributed by atoms with E-state index in [2.05, 4.69) is 0 Å². The molecule has 0 radical (unpaired) electrons. The number of aryl methyl sites for hydroxylation is 2. The van der Waals surface area contributed by atoms with Crippen molar-refractivity contribution in [1.29, 1.82) is 0 Å². The zero-order chi connectivity index (χ0) is 13.8. The SMILES string of the molecule is CCCc1cc(CCC)cc(C(=O)C(F)(F)F)c1. The zero-order valence-corrected chi connectivity index (χ0v) is 10.6. The van der Waals surface area contributed by atoms with Gasteiger partial charge in [0.15, 0.2) is 0 Å². The number of ketones is 1. The van der Waals surface area contributed by atoms with Crippen LogP contribution < -0.4 is 0 Å². The molecule has 1 aromatic carbocycles.